The van der Waals surface area contributed by atoms with Gasteiger partial charge in [-0.05, 0) is 40.9 Å². The maximum atomic E-state index is 8.78. The summed E-state index contributed by atoms with van der Waals surface area (Å²) in [6.07, 6.45) is 2.06. The highest BCUT2D eigenvalue weighted by Gasteiger charge is 2.22. The van der Waals surface area contributed by atoms with Gasteiger partial charge < -0.3 is 20.5 Å². The quantitative estimate of drug-likeness (QED) is 0.562. The standard InChI is InChI=1S/C14H20BrN3O2/c15-11-2-1-3-12(13(11)14(16)17)18-6-4-10(5-7-18)20-9-8-19/h1-3,10,19H,4-9H2,(H3,16,17). The van der Waals surface area contributed by atoms with Crippen molar-refractivity contribution in [2.75, 3.05) is 31.2 Å². The van der Waals surface area contributed by atoms with Gasteiger partial charge in [0.2, 0.25) is 0 Å². The predicted octanol–water partition coefficient (Wildman–Crippen LogP) is 1.71. The Bertz CT molecular complexity index is 473. The number of ether oxygens (including phenoxy) is 1. The zero-order valence-electron chi connectivity index (χ0n) is 11.3. The first kappa shape index (κ1) is 15.3. The maximum Gasteiger partial charge on any atom is 0.126 e. The Balaban J connectivity index is 2.07. The summed E-state index contributed by atoms with van der Waals surface area (Å²) in [4.78, 5) is 2.24. The van der Waals surface area contributed by atoms with Crippen LogP contribution in [-0.2, 0) is 4.74 Å². The molecule has 6 heteroatoms. The lowest BCUT2D eigenvalue weighted by Crippen LogP contribution is -2.38. The number of amidine groups is 1. The van der Waals surface area contributed by atoms with Crippen LogP contribution in [0.5, 0.6) is 0 Å². The van der Waals surface area contributed by atoms with E-state index in [-0.39, 0.29) is 18.5 Å². The fraction of sp³-hybridized carbons (Fsp3) is 0.500. The van der Waals surface area contributed by atoms with E-state index in [0.29, 0.717) is 6.61 Å². The normalized spacial score (nSPS) is 16.4. The van der Waals surface area contributed by atoms with Gasteiger partial charge in [-0.15, -0.1) is 0 Å². The molecule has 0 bridgehead atoms. The number of hydrogen-bond acceptors (Lipinski definition) is 4. The van der Waals surface area contributed by atoms with Crippen LogP contribution in [0.1, 0.15) is 18.4 Å². The number of rotatable bonds is 5. The number of anilines is 1. The van der Waals surface area contributed by atoms with Crippen LogP contribution in [0.4, 0.5) is 5.69 Å². The number of benzene rings is 1. The first-order chi connectivity index (χ1) is 9.63. The highest BCUT2D eigenvalue weighted by atomic mass is 79.9. The lowest BCUT2D eigenvalue weighted by atomic mass is 10.0. The summed E-state index contributed by atoms with van der Waals surface area (Å²) in [7, 11) is 0. The summed E-state index contributed by atoms with van der Waals surface area (Å²) >= 11 is 3.46. The van der Waals surface area contributed by atoms with Crippen molar-refractivity contribution in [2.45, 2.75) is 18.9 Å². The molecular formula is C14H20BrN3O2. The fourth-order valence-electron chi connectivity index (χ4n) is 2.53. The molecular weight excluding hydrogens is 322 g/mol. The van der Waals surface area contributed by atoms with Gasteiger partial charge in [-0.25, -0.2) is 0 Å². The monoisotopic (exact) mass is 341 g/mol. The second-order valence-electron chi connectivity index (χ2n) is 4.83. The van der Waals surface area contributed by atoms with Crippen LogP contribution in [0.2, 0.25) is 0 Å². The second kappa shape index (κ2) is 7.06. The summed E-state index contributed by atoms with van der Waals surface area (Å²) in [6.45, 7) is 2.21. The third-order valence-corrected chi connectivity index (χ3v) is 4.15. The van der Waals surface area contributed by atoms with Crippen LogP contribution in [0.3, 0.4) is 0 Å². The van der Waals surface area contributed by atoms with Crippen LogP contribution in [-0.4, -0.2) is 43.3 Å². The fourth-order valence-corrected chi connectivity index (χ4v) is 3.09. The topological polar surface area (TPSA) is 82.6 Å². The minimum atomic E-state index is 0.0698. The van der Waals surface area contributed by atoms with E-state index >= 15 is 0 Å². The molecule has 0 atom stereocenters. The van der Waals surface area contributed by atoms with Gasteiger partial charge in [-0.1, -0.05) is 6.07 Å². The summed E-state index contributed by atoms with van der Waals surface area (Å²) < 4.78 is 6.41. The lowest BCUT2D eigenvalue weighted by Gasteiger charge is -2.34. The largest absolute Gasteiger partial charge is 0.394 e. The number of nitrogen functional groups attached to an aromatic ring is 1. The molecule has 2 rings (SSSR count). The molecule has 1 aromatic rings. The Morgan fingerprint density at radius 2 is 2.15 bits per heavy atom. The number of halogens is 1. The van der Waals surface area contributed by atoms with Gasteiger partial charge >= 0.3 is 0 Å². The number of nitrogens with zero attached hydrogens (tertiary/aromatic N) is 1. The van der Waals surface area contributed by atoms with Crippen molar-refractivity contribution >= 4 is 27.5 Å². The zero-order valence-corrected chi connectivity index (χ0v) is 12.9. The van der Waals surface area contributed by atoms with Gasteiger partial charge in [0.05, 0.1) is 24.9 Å². The van der Waals surface area contributed by atoms with Crippen LogP contribution in [0.25, 0.3) is 0 Å². The van der Waals surface area contributed by atoms with Crippen molar-refractivity contribution in [1.82, 2.24) is 0 Å². The molecule has 1 aliphatic heterocycles. The molecule has 0 radical (unpaired) electrons. The Morgan fingerprint density at radius 1 is 1.45 bits per heavy atom. The van der Waals surface area contributed by atoms with Gasteiger partial charge in [-0.3, -0.25) is 5.41 Å². The third-order valence-electron chi connectivity index (χ3n) is 3.49. The minimum Gasteiger partial charge on any atom is -0.394 e. The number of piperidine rings is 1. The number of nitrogens with two attached hydrogens (primary N) is 1. The van der Waals surface area contributed by atoms with Crippen molar-refractivity contribution in [3.05, 3.63) is 28.2 Å². The van der Waals surface area contributed by atoms with E-state index in [0.717, 1.165) is 41.7 Å². The van der Waals surface area contributed by atoms with Gasteiger partial charge in [0.15, 0.2) is 0 Å². The number of hydrogen-bond donors (Lipinski definition) is 3. The van der Waals surface area contributed by atoms with Crippen molar-refractivity contribution < 1.29 is 9.84 Å². The molecule has 1 saturated heterocycles. The van der Waals surface area contributed by atoms with Gasteiger partial charge in [0.1, 0.15) is 5.84 Å². The van der Waals surface area contributed by atoms with E-state index in [2.05, 4.69) is 20.8 Å². The first-order valence-corrected chi connectivity index (χ1v) is 7.53. The van der Waals surface area contributed by atoms with Crippen molar-refractivity contribution in [3.63, 3.8) is 0 Å². The molecule has 110 valence electrons. The average Bonchev–Trinajstić information content (AvgIpc) is 2.45. The van der Waals surface area contributed by atoms with Gasteiger partial charge in [0, 0.05) is 23.2 Å². The maximum absolute atomic E-state index is 8.78. The Hall–Kier alpha value is -1.11. The van der Waals surface area contributed by atoms with Crippen LogP contribution in [0, 0.1) is 5.41 Å². The SMILES string of the molecule is N=C(N)c1c(Br)cccc1N1CCC(OCCO)CC1. The summed E-state index contributed by atoms with van der Waals surface area (Å²) in [5, 5.41) is 16.5. The first-order valence-electron chi connectivity index (χ1n) is 6.73. The Morgan fingerprint density at radius 3 is 2.75 bits per heavy atom. The van der Waals surface area contributed by atoms with E-state index in [1.807, 2.05) is 18.2 Å². The van der Waals surface area contributed by atoms with Crippen molar-refractivity contribution in [1.29, 1.82) is 5.41 Å². The summed E-state index contributed by atoms with van der Waals surface area (Å²) in [5.74, 6) is 0.0751. The molecule has 5 nitrogen and oxygen atoms in total. The zero-order chi connectivity index (χ0) is 14.5. The van der Waals surface area contributed by atoms with E-state index in [1.54, 1.807) is 0 Å². The molecule has 1 fully saturated rings. The molecule has 0 unspecified atom stereocenters. The van der Waals surface area contributed by atoms with Crippen LogP contribution < -0.4 is 10.6 Å². The second-order valence-corrected chi connectivity index (χ2v) is 5.68. The molecule has 0 saturated carbocycles. The number of aliphatic hydroxyl groups is 1. The van der Waals surface area contributed by atoms with Crippen LogP contribution >= 0.6 is 15.9 Å². The van der Waals surface area contributed by atoms with E-state index in [4.69, 9.17) is 21.0 Å². The van der Waals surface area contributed by atoms with E-state index < -0.39 is 0 Å². The Labute approximate surface area is 127 Å². The van der Waals surface area contributed by atoms with Gasteiger partial charge in [0.25, 0.3) is 0 Å². The number of nitrogens with one attached hydrogen (secondary N) is 1. The van der Waals surface area contributed by atoms with Crippen LogP contribution in [0.15, 0.2) is 22.7 Å². The molecule has 4 N–H and O–H groups in total. The van der Waals surface area contributed by atoms with Crippen molar-refractivity contribution in [3.8, 4) is 0 Å². The lowest BCUT2D eigenvalue weighted by molar-refractivity contribution is 0.0159. The highest BCUT2D eigenvalue weighted by molar-refractivity contribution is 9.10. The van der Waals surface area contributed by atoms with E-state index in [9.17, 15) is 0 Å². The van der Waals surface area contributed by atoms with E-state index in [1.165, 1.54) is 0 Å². The summed E-state index contributed by atoms with van der Waals surface area (Å²) in [6, 6.07) is 5.86. The summed E-state index contributed by atoms with van der Waals surface area (Å²) in [5.41, 5.74) is 7.43. The predicted molar refractivity (Wildman–Crippen MR) is 83.4 cm³/mol. The molecule has 0 aromatic heterocycles. The molecule has 0 aliphatic carbocycles. The third kappa shape index (κ3) is 3.50. The molecule has 20 heavy (non-hydrogen) atoms. The average molecular weight is 342 g/mol. The molecule has 1 aromatic carbocycles. The minimum absolute atomic E-state index is 0.0698. The number of aliphatic hydroxyl groups excluding tert-OH is 1. The smallest absolute Gasteiger partial charge is 0.126 e. The molecule has 0 amide bonds. The molecule has 1 heterocycles. The molecule has 0 spiro atoms. The van der Waals surface area contributed by atoms with Gasteiger partial charge in [-0.2, -0.15) is 0 Å². The van der Waals surface area contributed by atoms with Crippen molar-refractivity contribution in [2.24, 2.45) is 5.73 Å². The Kier molecular flexibility index (Phi) is 5.39. The highest BCUT2D eigenvalue weighted by Crippen LogP contribution is 2.29. The molecule has 1 aliphatic rings.